The van der Waals surface area contributed by atoms with Crippen molar-refractivity contribution in [2.24, 2.45) is 4.99 Å². The molecule has 0 N–H and O–H groups in total. The molecule has 1 aliphatic rings. The van der Waals surface area contributed by atoms with Gasteiger partial charge in [-0.05, 0) is 41.0 Å². The van der Waals surface area contributed by atoms with Crippen molar-refractivity contribution in [3.8, 4) is 0 Å². The molecular formula is C25H17FN2OS. The van der Waals surface area contributed by atoms with E-state index in [-0.39, 0.29) is 17.4 Å². The van der Waals surface area contributed by atoms with Gasteiger partial charge in [0.1, 0.15) is 5.82 Å². The second-order valence-electron chi connectivity index (χ2n) is 7.01. The number of aromatic nitrogens is 1. The van der Waals surface area contributed by atoms with Gasteiger partial charge in [0.25, 0.3) is 5.56 Å². The largest absolute Gasteiger partial charge is 0.272 e. The summed E-state index contributed by atoms with van der Waals surface area (Å²) in [6.45, 7) is 0. The highest BCUT2D eigenvalue weighted by Gasteiger charge is 2.22. The first kappa shape index (κ1) is 18.5. The molecule has 0 saturated carbocycles. The Balaban J connectivity index is 1.73. The lowest BCUT2D eigenvalue weighted by Crippen LogP contribution is -2.36. The fourth-order valence-corrected chi connectivity index (χ4v) is 4.57. The summed E-state index contributed by atoms with van der Waals surface area (Å²) in [6.07, 6.45) is 3.82. The van der Waals surface area contributed by atoms with E-state index in [4.69, 9.17) is 4.99 Å². The van der Waals surface area contributed by atoms with E-state index in [1.165, 1.54) is 23.5 Å². The zero-order chi connectivity index (χ0) is 20.5. The van der Waals surface area contributed by atoms with Crippen molar-refractivity contribution in [1.29, 1.82) is 0 Å². The number of fused-ring (bicyclic) bond motifs is 1. The molecule has 0 fully saturated rings. The van der Waals surface area contributed by atoms with E-state index in [1.807, 2.05) is 66.7 Å². The van der Waals surface area contributed by atoms with Crippen LogP contribution in [0, 0.1) is 5.82 Å². The van der Waals surface area contributed by atoms with Gasteiger partial charge in [-0.2, -0.15) is 0 Å². The van der Waals surface area contributed by atoms with Crippen LogP contribution in [0.15, 0.2) is 101 Å². The van der Waals surface area contributed by atoms with E-state index in [2.05, 4.69) is 0 Å². The van der Waals surface area contributed by atoms with Crippen LogP contribution in [0.25, 0.3) is 11.8 Å². The first-order chi connectivity index (χ1) is 14.7. The SMILES string of the molecule is O=c1/c(=C/c2ccc(F)cc2)sc2n1C(c1ccccc1)C=C(c1ccccc1)N=2. The highest BCUT2D eigenvalue weighted by Crippen LogP contribution is 2.26. The van der Waals surface area contributed by atoms with Gasteiger partial charge in [0.05, 0.1) is 16.3 Å². The van der Waals surface area contributed by atoms with Crippen LogP contribution in [0.1, 0.15) is 22.7 Å². The summed E-state index contributed by atoms with van der Waals surface area (Å²) in [6, 6.07) is 25.8. The first-order valence-corrected chi connectivity index (χ1v) is 10.4. The molecule has 0 amide bonds. The maximum Gasteiger partial charge on any atom is 0.271 e. The molecule has 5 rings (SSSR count). The number of allylic oxidation sites excluding steroid dienone is 1. The second kappa shape index (κ2) is 7.69. The lowest BCUT2D eigenvalue weighted by Gasteiger charge is -2.19. The number of hydrogen-bond donors (Lipinski definition) is 0. The third kappa shape index (κ3) is 3.44. The average Bonchev–Trinajstić information content (AvgIpc) is 3.11. The Labute approximate surface area is 176 Å². The summed E-state index contributed by atoms with van der Waals surface area (Å²) in [5.74, 6) is -0.301. The van der Waals surface area contributed by atoms with Gasteiger partial charge in [0.15, 0.2) is 4.80 Å². The van der Waals surface area contributed by atoms with Gasteiger partial charge in [0, 0.05) is 0 Å². The Morgan fingerprint density at radius 2 is 1.57 bits per heavy atom. The molecule has 1 aromatic heterocycles. The highest BCUT2D eigenvalue weighted by atomic mass is 32.1. The average molecular weight is 412 g/mol. The van der Waals surface area contributed by atoms with Gasteiger partial charge in [-0.1, -0.05) is 84.1 Å². The van der Waals surface area contributed by atoms with E-state index >= 15 is 0 Å². The third-order valence-electron chi connectivity index (χ3n) is 5.03. The smallest absolute Gasteiger partial charge is 0.271 e. The van der Waals surface area contributed by atoms with Crippen LogP contribution in [-0.2, 0) is 0 Å². The molecule has 4 aromatic rings. The van der Waals surface area contributed by atoms with E-state index in [0.29, 0.717) is 9.33 Å². The molecule has 146 valence electrons. The van der Waals surface area contributed by atoms with Crippen LogP contribution >= 0.6 is 11.3 Å². The summed E-state index contributed by atoms with van der Waals surface area (Å²) in [5.41, 5.74) is 3.56. The number of thiazole rings is 1. The predicted molar refractivity (Wildman–Crippen MR) is 118 cm³/mol. The molecule has 1 atom stereocenters. The van der Waals surface area contributed by atoms with E-state index in [1.54, 1.807) is 22.8 Å². The number of rotatable bonds is 3. The van der Waals surface area contributed by atoms with Crippen LogP contribution < -0.4 is 14.9 Å². The monoisotopic (exact) mass is 412 g/mol. The van der Waals surface area contributed by atoms with Gasteiger partial charge in [-0.3, -0.25) is 9.36 Å². The fraction of sp³-hybridized carbons (Fsp3) is 0.0400. The third-order valence-corrected chi connectivity index (χ3v) is 6.01. The molecule has 5 heteroatoms. The van der Waals surface area contributed by atoms with Crippen LogP contribution in [0.2, 0.25) is 0 Å². The van der Waals surface area contributed by atoms with E-state index in [0.717, 1.165) is 22.4 Å². The molecular weight excluding hydrogens is 395 g/mol. The Kier molecular flexibility index (Phi) is 4.73. The van der Waals surface area contributed by atoms with Gasteiger partial charge >= 0.3 is 0 Å². The number of benzene rings is 3. The Bertz CT molecular complexity index is 1400. The molecule has 0 radical (unpaired) electrons. The van der Waals surface area contributed by atoms with Crippen molar-refractivity contribution in [3.63, 3.8) is 0 Å². The number of hydrogen-bond acceptors (Lipinski definition) is 3. The lowest BCUT2D eigenvalue weighted by atomic mass is 10.0. The maximum absolute atomic E-state index is 13.3. The molecule has 0 aliphatic carbocycles. The Hall–Kier alpha value is -3.57. The molecule has 0 saturated heterocycles. The summed E-state index contributed by atoms with van der Waals surface area (Å²) < 4.78 is 15.5. The minimum atomic E-state index is -0.301. The zero-order valence-corrected chi connectivity index (χ0v) is 16.7. The maximum atomic E-state index is 13.3. The van der Waals surface area contributed by atoms with Crippen molar-refractivity contribution >= 4 is 23.1 Å². The van der Waals surface area contributed by atoms with Gasteiger partial charge < -0.3 is 0 Å². The van der Waals surface area contributed by atoms with Crippen LogP contribution in [0.4, 0.5) is 4.39 Å². The van der Waals surface area contributed by atoms with Crippen LogP contribution in [0.3, 0.4) is 0 Å². The molecule has 1 aliphatic heterocycles. The number of halogens is 1. The molecule has 0 spiro atoms. The predicted octanol–water partition coefficient (Wildman–Crippen LogP) is 4.14. The Morgan fingerprint density at radius 3 is 2.27 bits per heavy atom. The fourth-order valence-electron chi connectivity index (χ4n) is 3.55. The van der Waals surface area contributed by atoms with Crippen LogP contribution in [-0.4, -0.2) is 4.57 Å². The summed E-state index contributed by atoms with van der Waals surface area (Å²) >= 11 is 1.35. The van der Waals surface area contributed by atoms with Gasteiger partial charge in [-0.25, -0.2) is 9.38 Å². The van der Waals surface area contributed by atoms with Crippen molar-refractivity contribution in [3.05, 3.63) is 133 Å². The van der Waals surface area contributed by atoms with Crippen molar-refractivity contribution in [1.82, 2.24) is 4.57 Å². The van der Waals surface area contributed by atoms with Gasteiger partial charge in [0.2, 0.25) is 0 Å². The molecule has 30 heavy (non-hydrogen) atoms. The molecule has 3 nitrogen and oxygen atoms in total. The molecule has 3 aromatic carbocycles. The highest BCUT2D eigenvalue weighted by molar-refractivity contribution is 7.07. The summed E-state index contributed by atoms with van der Waals surface area (Å²) in [5, 5.41) is 0. The topological polar surface area (TPSA) is 34.4 Å². The normalized spacial score (nSPS) is 16.0. The van der Waals surface area contributed by atoms with E-state index in [9.17, 15) is 9.18 Å². The van der Waals surface area contributed by atoms with E-state index < -0.39 is 0 Å². The van der Waals surface area contributed by atoms with Crippen LogP contribution in [0.5, 0.6) is 0 Å². The van der Waals surface area contributed by atoms with Crippen molar-refractivity contribution < 1.29 is 4.39 Å². The first-order valence-electron chi connectivity index (χ1n) is 9.58. The molecule has 0 bridgehead atoms. The molecule has 2 heterocycles. The standard InChI is InChI=1S/C25H17FN2OS/c26-20-13-11-17(12-14-20)15-23-24(29)28-22(19-9-5-2-6-10-19)16-21(27-25(28)30-23)18-7-3-1-4-8-18/h1-16,22H/b23-15-. The van der Waals surface area contributed by atoms with Crippen molar-refractivity contribution in [2.45, 2.75) is 6.04 Å². The second-order valence-corrected chi connectivity index (χ2v) is 8.01. The van der Waals surface area contributed by atoms with Gasteiger partial charge in [-0.15, -0.1) is 0 Å². The Morgan fingerprint density at radius 1 is 0.900 bits per heavy atom. The quantitative estimate of drug-likeness (QED) is 0.498. The lowest BCUT2D eigenvalue weighted by molar-refractivity contribution is 0.628. The number of nitrogens with zero attached hydrogens (tertiary/aromatic N) is 2. The minimum absolute atomic E-state index is 0.0970. The summed E-state index contributed by atoms with van der Waals surface area (Å²) in [4.78, 5) is 18.7. The van der Waals surface area contributed by atoms with Crippen molar-refractivity contribution in [2.75, 3.05) is 0 Å². The summed E-state index contributed by atoms with van der Waals surface area (Å²) in [7, 11) is 0. The minimum Gasteiger partial charge on any atom is -0.272 e. The zero-order valence-electron chi connectivity index (χ0n) is 15.9. The molecule has 1 unspecified atom stereocenters.